The molecule has 1 amide bonds. The summed E-state index contributed by atoms with van der Waals surface area (Å²) in [7, 11) is 1.77. The maximum atomic E-state index is 12.3. The van der Waals surface area contributed by atoms with Gasteiger partial charge in [-0.25, -0.2) is 0 Å². The number of hydrogen-bond donors (Lipinski definition) is 1. The Labute approximate surface area is 118 Å². The minimum absolute atomic E-state index is 0.0281. The molecular formula is C13H13BrN2OS. The molecule has 0 atom stereocenters. The number of thiophene rings is 1. The molecule has 94 valence electrons. The molecule has 0 spiro atoms. The molecular weight excluding hydrogens is 312 g/mol. The Bertz CT molecular complexity index is 568. The lowest BCUT2D eigenvalue weighted by Crippen LogP contribution is -2.25. The first-order chi connectivity index (χ1) is 8.61. The highest BCUT2D eigenvalue weighted by Gasteiger charge is 2.15. The molecule has 0 aliphatic rings. The average Bonchev–Trinajstić information content (AvgIpc) is 2.83. The fraction of sp³-hybridized carbons (Fsp3) is 0.154. The summed E-state index contributed by atoms with van der Waals surface area (Å²) in [6.45, 7) is 0.440. The van der Waals surface area contributed by atoms with Gasteiger partial charge in [0, 0.05) is 19.2 Å². The molecule has 1 aromatic heterocycles. The van der Waals surface area contributed by atoms with Crippen molar-refractivity contribution in [3.63, 3.8) is 0 Å². The molecule has 2 N–H and O–H groups in total. The van der Waals surface area contributed by atoms with Crippen LogP contribution in [-0.4, -0.2) is 13.0 Å². The molecule has 0 aliphatic heterocycles. The Balaban J connectivity index is 2.25. The highest BCUT2D eigenvalue weighted by molar-refractivity contribution is 9.11. The molecule has 5 heteroatoms. The molecule has 0 saturated carbocycles. The van der Waals surface area contributed by atoms with E-state index in [9.17, 15) is 4.79 Å². The van der Waals surface area contributed by atoms with Gasteiger partial charge in [0.25, 0.3) is 5.91 Å². The van der Waals surface area contributed by atoms with Crippen molar-refractivity contribution < 1.29 is 4.79 Å². The van der Waals surface area contributed by atoms with E-state index in [0.29, 0.717) is 12.1 Å². The quantitative estimate of drug-likeness (QED) is 0.942. The van der Waals surface area contributed by atoms with Crippen LogP contribution in [0, 0.1) is 0 Å². The van der Waals surface area contributed by atoms with Gasteiger partial charge in [0.2, 0.25) is 0 Å². The lowest BCUT2D eigenvalue weighted by Gasteiger charge is -2.15. The largest absolute Gasteiger partial charge is 0.326 e. The lowest BCUT2D eigenvalue weighted by molar-refractivity contribution is 0.0993. The molecule has 0 bridgehead atoms. The molecule has 0 aliphatic carbocycles. The van der Waals surface area contributed by atoms with Gasteiger partial charge in [-0.15, -0.1) is 11.3 Å². The summed E-state index contributed by atoms with van der Waals surface area (Å²) in [6, 6.07) is 11.3. The van der Waals surface area contributed by atoms with Crippen LogP contribution in [0.4, 0.5) is 5.00 Å². The predicted molar refractivity (Wildman–Crippen MR) is 79.1 cm³/mol. The number of anilines is 1. The van der Waals surface area contributed by atoms with E-state index in [1.807, 2.05) is 30.3 Å². The number of benzene rings is 1. The Morgan fingerprint density at radius 1 is 1.39 bits per heavy atom. The monoisotopic (exact) mass is 324 g/mol. The first-order valence-electron chi connectivity index (χ1n) is 5.44. The molecule has 1 aromatic carbocycles. The zero-order valence-corrected chi connectivity index (χ0v) is 12.3. The third kappa shape index (κ3) is 2.80. The first-order valence-corrected chi connectivity index (χ1v) is 7.05. The Morgan fingerprint density at radius 3 is 2.78 bits per heavy atom. The Kier molecular flexibility index (Phi) is 4.16. The molecule has 0 fully saturated rings. The summed E-state index contributed by atoms with van der Waals surface area (Å²) in [5.74, 6) is -0.0281. The lowest BCUT2D eigenvalue weighted by atomic mass is 10.1. The summed E-state index contributed by atoms with van der Waals surface area (Å²) >= 11 is 4.92. The maximum absolute atomic E-state index is 12.3. The fourth-order valence-corrected chi connectivity index (χ4v) is 2.93. The second-order valence-corrected chi connectivity index (χ2v) is 6.29. The van der Waals surface area contributed by atoms with Gasteiger partial charge in [-0.3, -0.25) is 4.79 Å². The van der Waals surface area contributed by atoms with Crippen molar-refractivity contribution in [2.24, 2.45) is 5.73 Å². The van der Waals surface area contributed by atoms with Crippen LogP contribution in [0.2, 0.25) is 0 Å². The summed E-state index contributed by atoms with van der Waals surface area (Å²) in [5, 5.41) is 0.907. The number of carbonyl (C=O) groups is 1. The molecule has 18 heavy (non-hydrogen) atoms. The van der Waals surface area contributed by atoms with Crippen LogP contribution in [0.25, 0.3) is 0 Å². The van der Waals surface area contributed by atoms with Gasteiger partial charge in [-0.05, 0) is 45.8 Å². The van der Waals surface area contributed by atoms with Gasteiger partial charge in [0.05, 0.1) is 8.79 Å². The van der Waals surface area contributed by atoms with E-state index < -0.39 is 0 Å². The predicted octanol–water partition coefficient (Wildman–Crippen LogP) is 3.25. The van der Waals surface area contributed by atoms with E-state index in [1.54, 1.807) is 18.0 Å². The Morgan fingerprint density at radius 2 is 2.17 bits per heavy atom. The first kappa shape index (κ1) is 13.3. The van der Waals surface area contributed by atoms with Crippen LogP contribution >= 0.6 is 27.3 Å². The van der Waals surface area contributed by atoms with Gasteiger partial charge >= 0.3 is 0 Å². The fourth-order valence-electron chi connectivity index (χ4n) is 1.61. The average molecular weight is 325 g/mol. The zero-order chi connectivity index (χ0) is 13.1. The van der Waals surface area contributed by atoms with E-state index in [0.717, 1.165) is 14.4 Å². The summed E-state index contributed by atoms with van der Waals surface area (Å²) in [6.07, 6.45) is 0. The van der Waals surface area contributed by atoms with Crippen LogP contribution in [-0.2, 0) is 6.54 Å². The van der Waals surface area contributed by atoms with Crippen LogP contribution in [0.3, 0.4) is 0 Å². The van der Waals surface area contributed by atoms with Crippen LogP contribution in [0.15, 0.2) is 40.2 Å². The number of hydrogen-bond acceptors (Lipinski definition) is 3. The third-order valence-electron chi connectivity index (χ3n) is 2.60. The second-order valence-electron chi connectivity index (χ2n) is 3.85. The van der Waals surface area contributed by atoms with Crippen LogP contribution in [0.1, 0.15) is 15.9 Å². The standard InChI is InChI=1S/C13H13BrN2OS/c1-16(12-6-5-11(14)18-12)13(17)10-4-2-3-9(7-10)8-15/h2-7H,8,15H2,1H3. The summed E-state index contributed by atoms with van der Waals surface area (Å²) < 4.78 is 1.01. The third-order valence-corrected chi connectivity index (χ3v) is 4.30. The van der Waals surface area contributed by atoms with E-state index in [2.05, 4.69) is 15.9 Å². The SMILES string of the molecule is CN(C(=O)c1cccc(CN)c1)c1ccc(Br)s1. The molecule has 2 aromatic rings. The van der Waals surface area contributed by atoms with Gasteiger partial charge < -0.3 is 10.6 Å². The van der Waals surface area contributed by atoms with Gasteiger partial charge in [0.15, 0.2) is 0 Å². The molecule has 3 nitrogen and oxygen atoms in total. The number of amides is 1. The minimum Gasteiger partial charge on any atom is -0.326 e. The highest BCUT2D eigenvalue weighted by atomic mass is 79.9. The normalized spacial score (nSPS) is 10.4. The molecule has 1 heterocycles. The smallest absolute Gasteiger partial charge is 0.258 e. The van der Waals surface area contributed by atoms with E-state index >= 15 is 0 Å². The van der Waals surface area contributed by atoms with Crippen molar-refractivity contribution in [2.45, 2.75) is 6.54 Å². The van der Waals surface area contributed by atoms with Crippen molar-refractivity contribution in [1.82, 2.24) is 0 Å². The molecule has 0 unspecified atom stereocenters. The van der Waals surface area contributed by atoms with Crippen molar-refractivity contribution in [3.8, 4) is 0 Å². The van der Waals surface area contributed by atoms with Gasteiger partial charge in [0.1, 0.15) is 0 Å². The number of carbonyl (C=O) groups excluding carboxylic acids is 1. The summed E-state index contributed by atoms with van der Waals surface area (Å²) in [5.41, 5.74) is 7.20. The second kappa shape index (κ2) is 5.65. The topological polar surface area (TPSA) is 46.3 Å². The van der Waals surface area contributed by atoms with Crippen molar-refractivity contribution >= 4 is 38.2 Å². The van der Waals surface area contributed by atoms with E-state index in [-0.39, 0.29) is 5.91 Å². The molecule has 0 radical (unpaired) electrons. The van der Waals surface area contributed by atoms with Gasteiger partial charge in [-0.2, -0.15) is 0 Å². The van der Waals surface area contributed by atoms with Gasteiger partial charge in [-0.1, -0.05) is 12.1 Å². The summed E-state index contributed by atoms with van der Waals surface area (Å²) in [4.78, 5) is 13.9. The number of nitrogens with zero attached hydrogens (tertiary/aromatic N) is 1. The Hall–Kier alpha value is -1.17. The highest BCUT2D eigenvalue weighted by Crippen LogP contribution is 2.29. The maximum Gasteiger partial charge on any atom is 0.258 e. The van der Waals surface area contributed by atoms with Crippen molar-refractivity contribution in [2.75, 3.05) is 11.9 Å². The number of rotatable bonds is 3. The zero-order valence-electron chi connectivity index (χ0n) is 9.89. The minimum atomic E-state index is -0.0281. The van der Waals surface area contributed by atoms with Crippen molar-refractivity contribution in [1.29, 1.82) is 0 Å². The van der Waals surface area contributed by atoms with Crippen LogP contribution in [0.5, 0.6) is 0 Å². The van der Waals surface area contributed by atoms with Crippen molar-refractivity contribution in [3.05, 3.63) is 51.3 Å². The molecule has 0 saturated heterocycles. The van der Waals surface area contributed by atoms with E-state index in [1.165, 1.54) is 11.3 Å². The van der Waals surface area contributed by atoms with Crippen LogP contribution < -0.4 is 10.6 Å². The molecule has 2 rings (SSSR count). The van der Waals surface area contributed by atoms with E-state index in [4.69, 9.17) is 5.73 Å². The number of halogens is 1. The number of nitrogens with two attached hydrogens (primary N) is 1.